The molecule has 0 spiro atoms. The first-order valence-corrected chi connectivity index (χ1v) is 5.86. The molecule has 1 aromatic heterocycles. The number of ether oxygens (including phenoxy) is 1. The molecule has 3 heteroatoms. The Morgan fingerprint density at radius 1 is 1.11 bits per heavy atom. The molecule has 0 aliphatic heterocycles. The fraction of sp³-hybridized carbons (Fsp3) is 0.133. The van der Waals surface area contributed by atoms with E-state index in [2.05, 4.69) is 35.1 Å². The first-order valence-electron chi connectivity index (χ1n) is 5.86. The molecule has 0 fully saturated rings. The molecule has 0 bridgehead atoms. The van der Waals surface area contributed by atoms with Crippen LogP contribution in [0.25, 0.3) is 22.2 Å². The number of imidazole rings is 1. The number of fused-ring (bicyclic) bond motifs is 1. The number of nitrogens with zero attached hydrogens (tertiary/aromatic N) is 1. The van der Waals surface area contributed by atoms with Crippen molar-refractivity contribution in [3.05, 3.63) is 48.3 Å². The zero-order chi connectivity index (χ0) is 12.5. The number of hydrogen-bond donors (Lipinski definition) is 1. The predicted octanol–water partition coefficient (Wildman–Crippen LogP) is 3.55. The maximum absolute atomic E-state index is 5.23. The smallest absolute Gasteiger partial charge is 0.119 e. The summed E-state index contributed by atoms with van der Waals surface area (Å²) >= 11 is 0. The highest BCUT2D eigenvalue weighted by molar-refractivity contribution is 5.82. The van der Waals surface area contributed by atoms with Crippen molar-refractivity contribution in [2.45, 2.75) is 6.92 Å². The van der Waals surface area contributed by atoms with Crippen molar-refractivity contribution in [3.8, 4) is 16.9 Å². The van der Waals surface area contributed by atoms with Crippen molar-refractivity contribution in [3.63, 3.8) is 0 Å². The van der Waals surface area contributed by atoms with Gasteiger partial charge in [-0.1, -0.05) is 12.1 Å². The molecule has 0 atom stereocenters. The van der Waals surface area contributed by atoms with E-state index >= 15 is 0 Å². The van der Waals surface area contributed by atoms with Crippen LogP contribution in [-0.2, 0) is 0 Å². The Labute approximate surface area is 105 Å². The van der Waals surface area contributed by atoms with Crippen LogP contribution in [0.1, 0.15) is 5.56 Å². The number of nitrogens with one attached hydrogen (secondary N) is 1. The van der Waals surface area contributed by atoms with E-state index in [-0.39, 0.29) is 0 Å². The van der Waals surface area contributed by atoms with Gasteiger partial charge < -0.3 is 9.72 Å². The summed E-state index contributed by atoms with van der Waals surface area (Å²) in [6.07, 6.45) is 1.72. The Kier molecular flexibility index (Phi) is 2.52. The Balaban J connectivity index is 2.13. The molecule has 3 nitrogen and oxygen atoms in total. The third-order valence-electron chi connectivity index (χ3n) is 3.16. The van der Waals surface area contributed by atoms with Gasteiger partial charge in [0.1, 0.15) is 5.75 Å². The summed E-state index contributed by atoms with van der Waals surface area (Å²) in [6, 6.07) is 12.4. The Hall–Kier alpha value is -2.29. The summed E-state index contributed by atoms with van der Waals surface area (Å²) in [5, 5.41) is 0. The molecule has 18 heavy (non-hydrogen) atoms. The van der Waals surface area contributed by atoms with Crippen molar-refractivity contribution in [1.29, 1.82) is 0 Å². The SMILES string of the molecule is COc1ccc(-c2ccc3nc[nH]c3c2)c(C)c1. The maximum atomic E-state index is 5.23. The van der Waals surface area contributed by atoms with Gasteiger partial charge in [0, 0.05) is 0 Å². The van der Waals surface area contributed by atoms with Crippen molar-refractivity contribution in [1.82, 2.24) is 9.97 Å². The summed E-state index contributed by atoms with van der Waals surface area (Å²) in [4.78, 5) is 7.36. The second kappa shape index (κ2) is 4.18. The molecule has 0 saturated carbocycles. The van der Waals surface area contributed by atoms with Crippen molar-refractivity contribution < 1.29 is 4.74 Å². The minimum Gasteiger partial charge on any atom is -0.497 e. The highest BCUT2D eigenvalue weighted by Gasteiger charge is 2.05. The number of H-pyrrole nitrogens is 1. The highest BCUT2D eigenvalue weighted by atomic mass is 16.5. The zero-order valence-corrected chi connectivity index (χ0v) is 10.4. The van der Waals surface area contributed by atoms with Gasteiger partial charge in [0.05, 0.1) is 24.5 Å². The lowest BCUT2D eigenvalue weighted by molar-refractivity contribution is 0.414. The molecule has 1 heterocycles. The maximum Gasteiger partial charge on any atom is 0.119 e. The van der Waals surface area contributed by atoms with Gasteiger partial charge in [0.25, 0.3) is 0 Å². The number of rotatable bonds is 2. The Morgan fingerprint density at radius 2 is 2.00 bits per heavy atom. The van der Waals surface area contributed by atoms with Crippen LogP contribution in [-0.4, -0.2) is 17.1 Å². The lowest BCUT2D eigenvalue weighted by atomic mass is 10.00. The topological polar surface area (TPSA) is 37.9 Å². The van der Waals surface area contributed by atoms with Crippen molar-refractivity contribution >= 4 is 11.0 Å². The second-order valence-electron chi connectivity index (χ2n) is 4.32. The standard InChI is InChI=1S/C15H14N2O/c1-10-7-12(18-2)4-5-13(10)11-3-6-14-15(8-11)17-9-16-14/h3-9H,1-2H3,(H,16,17). The van der Waals surface area contributed by atoms with Gasteiger partial charge >= 0.3 is 0 Å². The fourth-order valence-electron chi connectivity index (χ4n) is 2.19. The summed E-state index contributed by atoms with van der Waals surface area (Å²) in [5.74, 6) is 0.888. The molecule has 0 radical (unpaired) electrons. The summed E-state index contributed by atoms with van der Waals surface area (Å²) < 4.78 is 5.23. The molecule has 0 aliphatic rings. The third-order valence-corrected chi connectivity index (χ3v) is 3.16. The predicted molar refractivity (Wildman–Crippen MR) is 72.8 cm³/mol. The van der Waals surface area contributed by atoms with Gasteiger partial charge in [-0.15, -0.1) is 0 Å². The van der Waals surface area contributed by atoms with Crippen LogP contribution in [0.4, 0.5) is 0 Å². The van der Waals surface area contributed by atoms with Crippen LogP contribution in [0.15, 0.2) is 42.7 Å². The van der Waals surface area contributed by atoms with Crippen LogP contribution in [0, 0.1) is 6.92 Å². The van der Waals surface area contributed by atoms with Gasteiger partial charge in [0.15, 0.2) is 0 Å². The van der Waals surface area contributed by atoms with E-state index in [0.29, 0.717) is 0 Å². The van der Waals surface area contributed by atoms with Gasteiger partial charge in [0.2, 0.25) is 0 Å². The van der Waals surface area contributed by atoms with Gasteiger partial charge in [-0.2, -0.15) is 0 Å². The number of benzene rings is 2. The molecule has 90 valence electrons. The average molecular weight is 238 g/mol. The van der Waals surface area contributed by atoms with E-state index in [1.54, 1.807) is 13.4 Å². The van der Waals surface area contributed by atoms with Crippen LogP contribution < -0.4 is 4.74 Å². The van der Waals surface area contributed by atoms with E-state index in [4.69, 9.17) is 4.74 Å². The van der Waals surface area contributed by atoms with Crippen LogP contribution in [0.3, 0.4) is 0 Å². The normalized spacial score (nSPS) is 10.8. The van der Waals surface area contributed by atoms with E-state index in [1.165, 1.54) is 16.7 Å². The third kappa shape index (κ3) is 1.74. The first kappa shape index (κ1) is 10.8. The first-order chi connectivity index (χ1) is 8.78. The molecular weight excluding hydrogens is 224 g/mol. The molecule has 1 N–H and O–H groups in total. The van der Waals surface area contributed by atoms with Gasteiger partial charge in [-0.25, -0.2) is 4.98 Å². The Bertz CT molecular complexity index is 701. The molecule has 3 aromatic rings. The van der Waals surface area contributed by atoms with Crippen LogP contribution in [0.5, 0.6) is 5.75 Å². The van der Waals surface area contributed by atoms with Crippen molar-refractivity contribution in [2.75, 3.05) is 7.11 Å². The summed E-state index contributed by atoms with van der Waals surface area (Å²) in [7, 11) is 1.69. The zero-order valence-electron chi connectivity index (χ0n) is 10.4. The highest BCUT2D eigenvalue weighted by Crippen LogP contribution is 2.28. The quantitative estimate of drug-likeness (QED) is 0.741. The van der Waals surface area contributed by atoms with Crippen molar-refractivity contribution in [2.24, 2.45) is 0 Å². The monoisotopic (exact) mass is 238 g/mol. The average Bonchev–Trinajstić information content (AvgIpc) is 2.85. The second-order valence-corrected chi connectivity index (χ2v) is 4.32. The molecule has 0 saturated heterocycles. The largest absolute Gasteiger partial charge is 0.497 e. The van der Waals surface area contributed by atoms with Gasteiger partial charge in [-0.3, -0.25) is 0 Å². The number of aromatic nitrogens is 2. The summed E-state index contributed by atoms with van der Waals surface area (Å²) in [6.45, 7) is 2.09. The lowest BCUT2D eigenvalue weighted by Gasteiger charge is -2.08. The molecule has 0 aliphatic carbocycles. The van der Waals surface area contributed by atoms with E-state index in [0.717, 1.165) is 16.8 Å². The Morgan fingerprint density at radius 3 is 2.78 bits per heavy atom. The van der Waals surface area contributed by atoms with Crippen LogP contribution in [0.2, 0.25) is 0 Å². The number of aryl methyl sites for hydroxylation is 1. The minimum absolute atomic E-state index is 0.888. The molecule has 3 rings (SSSR count). The molecular formula is C15H14N2O. The number of methoxy groups -OCH3 is 1. The number of hydrogen-bond acceptors (Lipinski definition) is 2. The van der Waals surface area contributed by atoms with E-state index in [1.807, 2.05) is 18.2 Å². The minimum atomic E-state index is 0.888. The van der Waals surface area contributed by atoms with Gasteiger partial charge in [-0.05, 0) is 47.9 Å². The van der Waals surface area contributed by atoms with E-state index < -0.39 is 0 Å². The number of aromatic amines is 1. The fourth-order valence-corrected chi connectivity index (χ4v) is 2.19. The summed E-state index contributed by atoms with van der Waals surface area (Å²) in [5.41, 5.74) is 5.65. The van der Waals surface area contributed by atoms with Crippen LogP contribution >= 0.6 is 0 Å². The molecule has 0 amide bonds. The lowest BCUT2D eigenvalue weighted by Crippen LogP contribution is -1.87. The molecule has 0 unspecified atom stereocenters. The molecule has 2 aromatic carbocycles. The van der Waals surface area contributed by atoms with E-state index in [9.17, 15) is 0 Å².